The molecule has 1 saturated heterocycles. The van der Waals surface area contributed by atoms with E-state index in [1.807, 2.05) is 31.2 Å². The van der Waals surface area contributed by atoms with Gasteiger partial charge in [0, 0.05) is 54.9 Å². The minimum atomic E-state index is -3.86. The van der Waals surface area contributed by atoms with Crippen molar-refractivity contribution in [3.05, 3.63) is 81.7 Å². The molecule has 2 aromatic carbocycles. The fourth-order valence-electron chi connectivity index (χ4n) is 4.39. The lowest BCUT2D eigenvalue weighted by Gasteiger charge is -2.39. The highest BCUT2D eigenvalue weighted by molar-refractivity contribution is 7.89. The second kappa shape index (κ2) is 9.20. The molecule has 36 heavy (non-hydrogen) atoms. The number of H-pyrrole nitrogens is 1. The molecule has 0 spiro atoms. The lowest BCUT2D eigenvalue weighted by molar-refractivity contribution is -0.137. The Kier molecular flexibility index (Phi) is 6.19. The first-order valence-electron chi connectivity index (χ1n) is 11.3. The Morgan fingerprint density at radius 3 is 2.53 bits per heavy atom. The standard InChI is InChI=1S/C25H24ClN5O4S/c1-16-13-30(36(34,35)19-7-8-20-21(26)12-27-23(20)11-19)15-25(33)31(16)14-17-3-5-18(6-4-17)22-9-10-24(32)29(2)28-22/h3-12,16,27H,13-15H2,1-2H3. The van der Waals surface area contributed by atoms with Crippen LogP contribution in [-0.4, -0.2) is 57.4 Å². The van der Waals surface area contributed by atoms with Gasteiger partial charge in [-0.05, 0) is 36.8 Å². The molecule has 1 aliphatic heterocycles. The van der Waals surface area contributed by atoms with Crippen LogP contribution in [0, 0.1) is 0 Å². The number of nitrogens with zero attached hydrogens (tertiary/aromatic N) is 4. The number of amides is 1. The Morgan fingerprint density at radius 1 is 1.08 bits per heavy atom. The number of aromatic amines is 1. The van der Waals surface area contributed by atoms with Crippen molar-refractivity contribution in [3.8, 4) is 11.3 Å². The molecule has 0 bridgehead atoms. The third-order valence-corrected chi connectivity index (χ3v) is 8.56. The summed E-state index contributed by atoms with van der Waals surface area (Å²) >= 11 is 6.10. The Labute approximate surface area is 213 Å². The number of benzene rings is 2. The molecule has 11 heteroatoms. The Hall–Kier alpha value is -3.47. The van der Waals surface area contributed by atoms with Gasteiger partial charge in [-0.3, -0.25) is 9.59 Å². The topological polar surface area (TPSA) is 108 Å². The molecule has 3 heterocycles. The third kappa shape index (κ3) is 4.43. The Bertz CT molecular complexity index is 1630. The van der Waals surface area contributed by atoms with Crippen molar-refractivity contribution in [2.45, 2.75) is 24.4 Å². The summed E-state index contributed by atoms with van der Waals surface area (Å²) in [7, 11) is -2.26. The SMILES string of the molecule is CC1CN(S(=O)(=O)c2ccc3c(Cl)c[nH]c3c2)CC(=O)N1Cc1ccc(-c2ccc(=O)n(C)n2)cc1. The van der Waals surface area contributed by atoms with Crippen LogP contribution in [0.25, 0.3) is 22.2 Å². The first-order chi connectivity index (χ1) is 17.1. The smallest absolute Gasteiger partial charge is 0.266 e. The second-order valence-electron chi connectivity index (χ2n) is 8.89. The maximum atomic E-state index is 13.3. The fourth-order valence-corrected chi connectivity index (χ4v) is 6.10. The highest BCUT2D eigenvalue weighted by Crippen LogP contribution is 2.28. The molecule has 1 amide bonds. The number of piperazine rings is 1. The highest BCUT2D eigenvalue weighted by Gasteiger charge is 2.36. The van der Waals surface area contributed by atoms with Gasteiger partial charge in [0.1, 0.15) is 0 Å². The van der Waals surface area contributed by atoms with Gasteiger partial charge in [0.2, 0.25) is 15.9 Å². The molecule has 1 unspecified atom stereocenters. The van der Waals surface area contributed by atoms with E-state index in [4.69, 9.17) is 11.6 Å². The summed E-state index contributed by atoms with van der Waals surface area (Å²) in [5, 5.41) is 5.51. The summed E-state index contributed by atoms with van der Waals surface area (Å²) in [4.78, 5) is 29.4. The largest absolute Gasteiger partial charge is 0.360 e. The second-order valence-corrected chi connectivity index (χ2v) is 11.2. The van der Waals surface area contributed by atoms with Gasteiger partial charge in [-0.1, -0.05) is 35.9 Å². The van der Waals surface area contributed by atoms with E-state index in [0.717, 1.165) is 16.5 Å². The molecular weight excluding hydrogens is 502 g/mol. The highest BCUT2D eigenvalue weighted by atomic mass is 35.5. The molecule has 0 saturated carbocycles. The first kappa shape index (κ1) is 24.2. The number of hydrogen-bond donors (Lipinski definition) is 1. The molecule has 2 aromatic heterocycles. The molecule has 1 N–H and O–H groups in total. The van der Waals surface area contributed by atoms with Gasteiger partial charge in [-0.15, -0.1) is 0 Å². The summed E-state index contributed by atoms with van der Waals surface area (Å²) in [5.74, 6) is -0.259. The molecule has 1 atom stereocenters. The van der Waals surface area contributed by atoms with Crippen LogP contribution in [0.5, 0.6) is 0 Å². The van der Waals surface area contributed by atoms with E-state index in [1.165, 1.54) is 21.1 Å². The van der Waals surface area contributed by atoms with Crippen molar-refractivity contribution in [3.63, 3.8) is 0 Å². The predicted molar refractivity (Wildman–Crippen MR) is 137 cm³/mol. The maximum Gasteiger partial charge on any atom is 0.266 e. The van der Waals surface area contributed by atoms with E-state index in [0.29, 0.717) is 22.8 Å². The number of halogens is 1. The zero-order valence-electron chi connectivity index (χ0n) is 19.7. The van der Waals surface area contributed by atoms with Crippen molar-refractivity contribution in [2.24, 2.45) is 7.05 Å². The van der Waals surface area contributed by atoms with Gasteiger partial charge in [-0.25, -0.2) is 13.1 Å². The normalized spacial score (nSPS) is 17.1. The maximum absolute atomic E-state index is 13.3. The van der Waals surface area contributed by atoms with Crippen LogP contribution in [0.15, 0.2) is 70.5 Å². The number of fused-ring (bicyclic) bond motifs is 1. The molecule has 0 aliphatic carbocycles. The van der Waals surface area contributed by atoms with Crippen LogP contribution in [-0.2, 0) is 28.4 Å². The van der Waals surface area contributed by atoms with Gasteiger partial charge in [0.25, 0.3) is 5.56 Å². The number of rotatable bonds is 5. The first-order valence-corrected chi connectivity index (χ1v) is 13.2. The summed E-state index contributed by atoms with van der Waals surface area (Å²) < 4.78 is 29.1. The van der Waals surface area contributed by atoms with Crippen LogP contribution >= 0.6 is 11.6 Å². The van der Waals surface area contributed by atoms with Gasteiger partial charge < -0.3 is 9.88 Å². The number of carbonyl (C=O) groups excluding carboxylic acids is 1. The molecule has 9 nitrogen and oxygen atoms in total. The summed E-state index contributed by atoms with van der Waals surface area (Å²) in [5.41, 5.74) is 2.87. The van der Waals surface area contributed by atoms with Crippen molar-refractivity contribution in [2.75, 3.05) is 13.1 Å². The minimum Gasteiger partial charge on any atom is -0.360 e. The number of hydrogen-bond acceptors (Lipinski definition) is 5. The van der Waals surface area contributed by atoms with Gasteiger partial charge >= 0.3 is 0 Å². The molecule has 5 rings (SSSR count). The quantitative estimate of drug-likeness (QED) is 0.431. The lowest BCUT2D eigenvalue weighted by Crippen LogP contribution is -2.56. The Morgan fingerprint density at radius 2 is 1.83 bits per heavy atom. The van der Waals surface area contributed by atoms with Gasteiger partial charge in [0.15, 0.2) is 0 Å². The van der Waals surface area contributed by atoms with Crippen LogP contribution < -0.4 is 5.56 Å². The van der Waals surface area contributed by atoms with Gasteiger partial charge in [0.05, 0.1) is 22.2 Å². The third-order valence-electron chi connectivity index (χ3n) is 6.44. The average Bonchev–Trinajstić information content (AvgIpc) is 3.23. The van der Waals surface area contributed by atoms with E-state index in [1.54, 1.807) is 36.3 Å². The number of aryl methyl sites for hydroxylation is 1. The van der Waals surface area contributed by atoms with E-state index in [-0.39, 0.29) is 35.5 Å². The monoisotopic (exact) mass is 525 g/mol. The Balaban J connectivity index is 1.30. The fraction of sp³-hybridized carbons (Fsp3) is 0.240. The predicted octanol–water partition coefficient (Wildman–Crippen LogP) is 3.00. The molecule has 1 fully saturated rings. The average molecular weight is 526 g/mol. The van der Waals surface area contributed by atoms with Crippen molar-refractivity contribution in [1.29, 1.82) is 0 Å². The van der Waals surface area contributed by atoms with Crippen molar-refractivity contribution in [1.82, 2.24) is 24.0 Å². The minimum absolute atomic E-state index is 0.115. The molecule has 4 aromatic rings. The van der Waals surface area contributed by atoms with Crippen LogP contribution in [0.3, 0.4) is 0 Å². The number of carbonyl (C=O) groups is 1. The van der Waals surface area contributed by atoms with E-state index >= 15 is 0 Å². The number of nitrogens with one attached hydrogen (secondary N) is 1. The van der Waals surface area contributed by atoms with Gasteiger partial charge in [-0.2, -0.15) is 9.40 Å². The van der Waals surface area contributed by atoms with Crippen LogP contribution in [0.2, 0.25) is 5.02 Å². The van der Waals surface area contributed by atoms with E-state index in [9.17, 15) is 18.0 Å². The number of aromatic nitrogens is 3. The summed E-state index contributed by atoms with van der Waals surface area (Å²) in [6, 6.07) is 15.1. The molecular formula is C25H24ClN5O4S. The van der Waals surface area contributed by atoms with Crippen LogP contribution in [0.4, 0.5) is 0 Å². The van der Waals surface area contributed by atoms with Crippen LogP contribution in [0.1, 0.15) is 12.5 Å². The zero-order valence-corrected chi connectivity index (χ0v) is 21.3. The zero-order chi connectivity index (χ0) is 25.6. The van der Waals surface area contributed by atoms with Crippen molar-refractivity contribution >= 4 is 38.4 Å². The van der Waals surface area contributed by atoms with E-state index in [2.05, 4.69) is 10.1 Å². The summed E-state index contributed by atoms with van der Waals surface area (Å²) in [6.07, 6.45) is 1.61. The molecule has 0 radical (unpaired) electrons. The molecule has 1 aliphatic rings. The number of sulfonamides is 1. The van der Waals surface area contributed by atoms with Crippen molar-refractivity contribution < 1.29 is 13.2 Å². The summed E-state index contributed by atoms with van der Waals surface area (Å²) in [6.45, 7) is 2.17. The lowest BCUT2D eigenvalue weighted by atomic mass is 10.1. The molecule has 186 valence electrons. The van der Waals surface area contributed by atoms with E-state index < -0.39 is 10.0 Å².